The van der Waals surface area contributed by atoms with E-state index in [0.717, 1.165) is 4.88 Å². The van der Waals surface area contributed by atoms with Crippen LogP contribution in [-0.4, -0.2) is 24.1 Å². The lowest BCUT2D eigenvalue weighted by Crippen LogP contribution is -2.14. The van der Waals surface area contributed by atoms with Crippen molar-refractivity contribution < 1.29 is 13.2 Å². The van der Waals surface area contributed by atoms with Crippen LogP contribution in [0.3, 0.4) is 0 Å². The summed E-state index contributed by atoms with van der Waals surface area (Å²) in [5, 5.41) is 6.32. The molecule has 0 atom stereocenters. The van der Waals surface area contributed by atoms with Crippen molar-refractivity contribution >= 4 is 33.0 Å². The maximum Gasteiger partial charge on any atom is 0.265 e. The number of nitrogens with zero attached hydrogens (tertiary/aromatic N) is 2. The number of aromatic nitrogens is 2. The van der Waals surface area contributed by atoms with Gasteiger partial charge in [0.1, 0.15) is 10.6 Å². The standard InChI is InChI=1S/C17H18N4O3S2/c1-11(2)21-10-15(16(19-21)14-4-3-9-25-14)26(23,24)20-13-7-5-12(6-8-13)17(18)22/h3-11,20H,1-2H3,(H2,18,22). The molecular weight excluding hydrogens is 372 g/mol. The molecule has 0 bridgehead atoms. The molecule has 0 radical (unpaired) electrons. The monoisotopic (exact) mass is 390 g/mol. The molecule has 1 amide bonds. The third kappa shape index (κ3) is 3.63. The molecule has 9 heteroatoms. The molecule has 0 fully saturated rings. The van der Waals surface area contributed by atoms with Crippen LogP contribution in [0.5, 0.6) is 0 Å². The van der Waals surface area contributed by atoms with E-state index in [9.17, 15) is 13.2 Å². The zero-order valence-corrected chi connectivity index (χ0v) is 15.8. The number of carbonyl (C=O) groups is 1. The van der Waals surface area contributed by atoms with Crippen molar-refractivity contribution in [3.63, 3.8) is 0 Å². The van der Waals surface area contributed by atoms with Gasteiger partial charge < -0.3 is 5.73 Å². The first-order valence-electron chi connectivity index (χ1n) is 7.83. The second kappa shape index (κ2) is 6.93. The lowest BCUT2D eigenvalue weighted by molar-refractivity contribution is 0.100. The number of nitrogens with one attached hydrogen (secondary N) is 1. The fourth-order valence-corrected chi connectivity index (χ4v) is 4.33. The van der Waals surface area contributed by atoms with Crippen molar-refractivity contribution in [3.8, 4) is 10.6 Å². The summed E-state index contributed by atoms with van der Waals surface area (Å²) in [5.41, 5.74) is 6.25. The molecule has 2 heterocycles. The smallest absolute Gasteiger partial charge is 0.265 e. The molecule has 26 heavy (non-hydrogen) atoms. The van der Waals surface area contributed by atoms with Crippen LogP contribution in [0.4, 0.5) is 5.69 Å². The molecule has 0 aliphatic rings. The van der Waals surface area contributed by atoms with Gasteiger partial charge in [-0.1, -0.05) is 6.07 Å². The highest BCUT2D eigenvalue weighted by Gasteiger charge is 2.25. The average Bonchev–Trinajstić information content (AvgIpc) is 3.24. The highest BCUT2D eigenvalue weighted by Crippen LogP contribution is 2.31. The zero-order chi connectivity index (χ0) is 18.9. The Balaban J connectivity index is 1.99. The normalized spacial score (nSPS) is 11.7. The Bertz CT molecular complexity index is 1020. The SMILES string of the molecule is CC(C)n1cc(S(=O)(=O)Nc2ccc(C(N)=O)cc2)c(-c2cccs2)n1. The molecule has 0 aliphatic carbocycles. The van der Waals surface area contributed by atoms with Gasteiger partial charge in [0, 0.05) is 23.5 Å². The number of rotatable bonds is 6. The van der Waals surface area contributed by atoms with Crippen molar-refractivity contribution in [1.82, 2.24) is 9.78 Å². The van der Waals surface area contributed by atoms with Crippen molar-refractivity contribution in [2.75, 3.05) is 4.72 Å². The van der Waals surface area contributed by atoms with Crippen LogP contribution < -0.4 is 10.5 Å². The first-order valence-corrected chi connectivity index (χ1v) is 10.2. The molecule has 0 spiro atoms. The molecule has 3 rings (SSSR count). The van der Waals surface area contributed by atoms with E-state index < -0.39 is 15.9 Å². The van der Waals surface area contributed by atoms with Crippen LogP contribution in [0.15, 0.2) is 52.9 Å². The number of benzene rings is 1. The summed E-state index contributed by atoms with van der Waals surface area (Å²) in [6, 6.07) is 9.63. The van der Waals surface area contributed by atoms with Gasteiger partial charge >= 0.3 is 0 Å². The predicted molar refractivity (Wildman–Crippen MR) is 102 cm³/mol. The van der Waals surface area contributed by atoms with Crippen molar-refractivity contribution in [3.05, 3.63) is 53.5 Å². The van der Waals surface area contributed by atoms with E-state index in [1.54, 1.807) is 4.68 Å². The average molecular weight is 390 g/mol. The van der Waals surface area contributed by atoms with E-state index in [0.29, 0.717) is 16.9 Å². The van der Waals surface area contributed by atoms with Gasteiger partial charge in [-0.3, -0.25) is 14.2 Å². The minimum absolute atomic E-state index is 0.0208. The van der Waals surface area contributed by atoms with Gasteiger partial charge in [-0.25, -0.2) is 8.42 Å². The Labute approximate surface area is 155 Å². The molecule has 0 aliphatic heterocycles. The van der Waals surface area contributed by atoms with E-state index in [4.69, 9.17) is 5.73 Å². The summed E-state index contributed by atoms with van der Waals surface area (Å²) >= 11 is 1.42. The van der Waals surface area contributed by atoms with Gasteiger partial charge in [0.05, 0.1) is 4.88 Å². The number of anilines is 1. The van der Waals surface area contributed by atoms with Gasteiger partial charge in [0.15, 0.2) is 0 Å². The number of hydrogen-bond donors (Lipinski definition) is 2. The number of hydrogen-bond acceptors (Lipinski definition) is 5. The Kier molecular flexibility index (Phi) is 4.84. The summed E-state index contributed by atoms with van der Waals surface area (Å²) in [6.45, 7) is 3.86. The molecule has 7 nitrogen and oxygen atoms in total. The minimum atomic E-state index is -3.86. The molecule has 3 aromatic rings. The van der Waals surface area contributed by atoms with Crippen LogP contribution >= 0.6 is 11.3 Å². The number of carbonyl (C=O) groups excluding carboxylic acids is 1. The lowest BCUT2D eigenvalue weighted by Gasteiger charge is -2.08. The van der Waals surface area contributed by atoms with Crippen molar-refractivity contribution in [1.29, 1.82) is 0 Å². The summed E-state index contributed by atoms with van der Waals surface area (Å²) in [7, 11) is -3.86. The van der Waals surface area contributed by atoms with Gasteiger partial charge in [-0.2, -0.15) is 5.10 Å². The lowest BCUT2D eigenvalue weighted by atomic mass is 10.2. The molecule has 0 saturated carbocycles. The van der Waals surface area contributed by atoms with Gasteiger partial charge in [-0.15, -0.1) is 11.3 Å². The van der Waals surface area contributed by atoms with Crippen molar-refractivity contribution in [2.24, 2.45) is 5.73 Å². The van der Waals surface area contributed by atoms with E-state index in [-0.39, 0.29) is 10.9 Å². The third-order valence-electron chi connectivity index (χ3n) is 3.69. The zero-order valence-electron chi connectivity index (χ0n) is 14.2. The summed E-state index contributed by atoms with van der Waals surface area (Å²) in [5.74, 6) is -0.572. The van der Waals surface area contributed by atoms with Crippen LogP contribution in [0, 0.1) is 0 Å². The van der Waals surface area contributed by atoms with Crippen LogP contribution in [0.1, 0.15) is 30.2 Å². The quantitative estimate of drug-likeness (QED) is 0.674. The Morgan fingerprint density at radius 2 is 1.92 bits per heavy atom. The second-order valence-electron chi connectivity index (χ2n) is 5.94. The summed E-state index contributed by atoms with van der Waals surface area (Å²) in [4.78, 5) is 12.0. The van der Waals surface area contributed by atoms with Crippen LogP contribution in [-0.2, 0) is 10.0 Å². The Morgan fingerprint density at radius 1 is 1.23 bits per heavy atom. The largest absolute Gasteiger partial charge is 0.366 e. The van der Waals surface area contributed by atoms with E-state index in [1.807, 2.05) is 31.4 Å². The van der Waals surface area contributed by atoms with Crippen LogP contribution in [0.25, 0.3) is 10.6 Å². The summed E-state index contributed by atoms with van der Waals surface area (Å²) < 4.78 is 30.0. The topological polar surface area (TPSA) is 107 Å². The number of amides is 1. The highest BCUT2D eigenvalue weighted by atomic mass is 32.2. The molecule has 1 aromatic carbocycles. The maximum atomic E-state index is 12.9. The fourth-order valence-electron chi connectivity index (χ4n) is 2.33. The number of nitrogens with two attached hydrogens (primary N) is 1. The predicted octanol–water partition coefficient (Wildman–Crippen LogP) is 3.09. The van der Waals surface area contributed by atoms with Crippen molar-refractivity contribution in [2.45, 2.75) is 24.8 Å². The van der Waals surface area contributed by atoms with E-state index in [1.165, 1.54) is 41.8 Å². The fraction of sp³-hybridized carbons (Fsp3) is 0.176. The maximum absolute atomic E-state index is 12.9. The summed E-state index contributed by atoms with van der Waals surface area (Å²) in [6.07, 6.45) is 1.53. The highest BCUT2D eigenvalue weighted by molar-refractivity contribution is 7.92. The Morgan fingerprint density at radius 3 is 2.46 bits per heavy atom. The molecule has 136 valence electrons. The number of sulfonamides is 1. The molecule has 3 N–H and O–H groups in total. The van der Waals surface area contributed by atoms with Gasteiger partial charge in [-0.05, 0) is 49.6 Å². The molecular formula is C17H18N4O3S2. The number of primary amides is 1. The van der Waals surface area contributed by atoms with E-state index in [2.05, 4.69) is 9.82 Å². The number of thiophene rings is 1. The molecule has 0 saturated heterocycles. The van der Waals surface area contributed by atoms with Crippen LogP contribution in [0.2, 0.25) is 0 Å². The van der Waals surface area contributed by atoms with E-state index >= 15 is 0 Å². The van der Waals surface area contributed by atoms with Gasteiger partial charge in [0.25, 0.3) is 10.0 Å². The first-order chi connectivity index (χ1) is 12.3. The molecule has 0 unspecified atom stereocenters. The second-order valence-corrected chi connectivity index (χ2v) is 8.54. The third-order valence-corrected chi connectivity index (χ3v) is 5.95. The Hall–Kier alpha value is -2.65. The molecule has 2 aromatic heterocycles. The first kappa shape index (κ1) is 18.2. The minimum Gasteiger partial charge on any atom is -0.366 e. The van der Waals surface area contributed by atoms with Gasteiger partial charge in [0.2, 0.25) is 5.91 Å².